The number of carbonyl (C=O) groups excluding carboxylic acids is 1. The fourth-order valence-electron chi connectivity index (χ4n) is 3.81. The number of rotatable bonds is 6. The van der Waals surface area contributed by atoms with Crippen molar-refractivity contribution in [3.63, 3.8) is 0 Å². The van der Waals surface area contributed by atoms with Crippen LogP contribution < -0.4 is 9.47 Å². The molecule has 0 radical (unpaired) electrons. The smallest absolute Gasteiger partial charge is 0.223 e. The summed E-state index contributed by atoms with van der Waals surface area (Å²) in [6, 6.07) is 16.4. The molecular weight excluding hydrogens is 352 g/mol. The molecule has 0 N–H and O–H groups in total. The number of hydrogen-bond donors (Lipinski definition) is 0. The van der Waals surface area contributed by atoms with Gasteiger partial charge >= 0.3 is 0 Å². The van der Waals surface area contributed by atoms with Crippen LogP contribution in [-0.2, 0) is 4.79 Å². The van der Waals surface area contributed by atoms with Crippen LogP contribution in [0.2, 0.25) is 0 Å². The predicted molar refractivity (Wildman–Crippen MR) is 111 cm³/mol. The highest BCUT2D eigenvalue weighted by Crippen LogP contribution is 2.33. The number of piperazine rings is 1. The van der Waals surface area contributed by atoms with Crippen molar-refractivity contribution in [2.24, 2.45) is 0 Å². The van der Waals surface area contributed by atoms with Crippen LogP contribution in [0.5, 0.6) is 11.5 Å². The number of ether oxygens (including phenoxy) is 2. The summed E-state index contributed by atoms with van der Waals surface area (Å²) in [5.41, 5.74) is 2.34. The molecule has 2 aromatic rings. The Labute approximate surface area is 167 Å². The second-order valence-corrected chi connectivity index (χ2v) is 7.47. The van der Waals surface area contributed by atoms with Crippen LogP contribution in [0.15, 0.2) is 48.5 Å². The first-order valence-electron chi connectivity index (χ1n) is 9.78. The van der Waals surface area contributed by atoms with E-state index in [0.29, 0.717) is 18.7 Å². The van der Waals surface area contributed by atoms with Crippen LogP contribution in [0, 0.1) is 0 Å². The van der Waals surface area contributed by atoms with Crippen molar-refractivity contribution in [2.45, 2.75) is 25.3 Å². The second kappa shape index (κ2) is 9.11. The van der Waals surface area contributed by atoms with Crippen molar-refractivity contribution in [1.29, 1.82) is 0 Å². The molecule has 0 bridgehead atoms. The highest BCUT2D eigenvalue weighted by molar-refractivity contribution is 5.77. The largest absolute Gasteiger partial charge is 0.493 e. The minimum Gasteiger partial charge on any atom is -0.493 e. The van der Waals surface area contributed by atoms with Crippen molar-refractivity contribution in [2.75, 3.05) is 40.9 Å². The van der Waals surface area contributed by atoms with Gasteiger partial charge in [-0.2, -0.15) is 0 Å². The Morgan fingerprint density at radius 2 is 1.79 bits per heavy atom. The van der Waals surface area contributed by atoms with Crippen molar-refractivity contribution in [3.05, 3.63) is 59.7 Å². The van der Waals surface area contributed by atoms with Crippen LogP contribution in [0.1, 0.15) is 36.4 Å². The van der Waals surface area contributed by atoms with E-state index in [4.69, 9.17) is 9.47 Å². The van der Waals surface area contributed by atoms with Gasteiger partial charge < -0.3 is 14.4 Å². The third-order valence-corrected chi connectivity index (χ3v) is 5.64. The molecule has 3 rings (SSSR count). The van der Waals surface area contributed by atoms with E-state index < -0.39 is 0 Å². The van der Waals surface area contributed by atoms with Crippen molar-refractivity contribution >= 4 is 5.91 Å². The predicted octanol–water partition coefficient (Wildman–Crippen LogP) is 3.71. The molecule has 2 atom stereocenters. The monoisotopic (exact) mass is 382 g/mol. The molecule has 2 aromatic carbocycles. The molecule has 2 unspecified atom stereocenters. The zero-order valence-electron chi connectivity index (χ0n) is 17.2. The van der Waals surface area contributed by atoms with Crippen LogP contribution in [0.3, 0.4) is 0 Å². The molecule has 1 fully saturated rings. The van der Waals surface area contributed by atoms with Gasteiger partial charge in [-0.15, -0.1) is 0 Å². The van der Waals surface area contributed by atoms with Crippen molar-refractivity contribution in [1.82, 2.24) is 9.80 Å². The Bertz CT molecular complexity index is 794. The quantitative estimate of drug-likeness (QED) is 0.764. The molecule has 1 aliphatic rings. The number of amides is 1. The van der Waals surface area contributed by atoms with Gasteiger partial charge in [0.15, 0.2) is 11.5 Å². The van der Waals surface area contributed by atoms with E-state index in [9.17, 15) is 4.79 Å². The Kier molecular flexibility index (Phi) is 6.57. The minimum atomic E-state index is 0.143. The summed E-state index contributed by atoms with van der Waals surface area (Å²) < 4.78 is 10.8. The van der Waals surface area contributed by atoms with E-state index in [1.165, 1.54) is 5.56 Å². The molecule has 5 nitrogen and oxygen atoms in total. The molecule has 0 aromatic heterocycles. The molecular formula is C23H30N2O3. The third kappa shape index (κ3) is 4.47. The zero-order chi connectivity index (χ0) is 20.1. The van der Waals surface area contributed by atoms with Gasteiger partial charge in [0.1, 0.15) is 0 Å². The minimum absolute atomic E-state index is 0.143. The summed E-state index contributed by atoms with van der Waals surface area (Å²) in [6.45, 7) is 4.42. The lowest BCUT2D eigenvalue weighted by Gasteiger charge is -2.40. The molecule has 1 saturated heterocycles. The molecule has 28 heavy (non-hydrogen) atoms. The maximum Gasteiger partial charge on any atom is 0.223 e. The van der Waals surface area contributed by atoms with Gasteiger partial charge in [0.2, 0.25) is 5.91 Å². The van der Waals surface area contributed by atoms with E-state index in [-0.39, 0.29) is 17.9 Å². The molecule has 5 heteroatoms. The zero-order valence-corrected chi connectivity index (χ0v) is 17.2. The Morgan fingerprint density at radius 3 is 2.46 bits per heavy atom. The number of benzene rings is 2. The summed E-state index contributed by atoms with van der Waals surface area (Å²) in [6.07, 6.45) is 0.534. The average Bonchev–Trinajstić information content (AvgIpc) is 2.74. The summed E-state index contributed by atoms with van der Waals surface area (Å²) in [4.78, 5) is 17.2. The number of methoxy groups -OCH3 is 2. The molecule has 150 valence electrons. The summed E-state index contributed by atoms with van der Waals surface area (Å²) in [5, 5.41) is 0. The van der Waals surface area contributed by atoms with Gasteiger partial charge in [-0.3, -0.25) is 9.69 Å². The topological polar surface area (TPSA) is 42.0 Å². The standard InChI is InChI=1S/C23H30N2O3/c1-17(18-8-6-5-7-9-18)14-23(26)25-13-12-24(2)20(16-25)19-10-11-21(27-3)22(15-19)28-4/h5-11,15,17,20H,12-14,16H2,1-4H3. The fourth-order valence-corrected chi connectivity index (χ4v) is 3.81. The first kappa shape index (κ1) is 20.2. The Morgan fingerprint density at radius 1 is 1.07 bits per heavy atom. The van der Waals surface area contributed by atoms with Crippen LogP contribution in [0.4, 0.5) is 0 Å². The second-order valence-electron chi connectivity index (χ2n) is 7.47. The SMILES string of the molecule is COc1ccc(C2CN(C(=O)CC(C)c3ccccc3)CCN2C)cc1OC. The van der Waals surface area contributed by atoms with Gasteiger partial charge in [0.05, 0.1) is 20.3 Å². The molecule has 1 aliphatic heterocycles. The fraction of sp³-hybridized carbons (Fsp3) is 0.435. The van der Waals surface area contributed by atoms with E-state index in [2.05, 4.69) is 37.1 Å². The van der Waals surface area contributed by atoms with Gasteiger partial charge in [0.25, 0.3) is 0 Å². The lowest BCUT2D eigenvalue weighted by Crippen LogP contribution is -2.49. The highest BCUT2D eigenvalue weighted by atomic mass is 16.5. The average molecular weight is 383 g/mol. The lowest BCUT2D eigenvalue weighted by atomic mass is 9.96. The Hall–Kier alpha value is -2.53. The van der Waals surface area contributed by atoms with Crippen LogP contribution in [0.25, 0.3) is 0 Å². The lowest BCUT2D eigenvalue weighted by molar-refractivity contribution is -0.134. The summed E-state index contributed by atoms with van der Waals surface area (Å²) >= 11 is 0. The maximum atomic E-state index is 13.0. The molecule has 1 amide bonds. The van der Waals surface area contributed by atoms with Crippen molar-refractivity contribution < 1.29 is 14.3 Å². The number of likely N-dealkylation sites (N-methyl/N-ethyl adjacent to an activating group) is 1. The summed E-state index contributed by atoms with van der Waals surface area (Å²) in [5.74, 6) is 1.87. The third-order valence-electron chi connectivity index (χ3n) is 5.64. The van der Waals surface area contributed by atoms with Gasteiger partial charge in [-0.25, -0.2) is 0 Å². The van der Waals surface area contributed by atoms with Crippen molar-refractivity contribution in [3.8, 4) is 11.5 Å². The Balaban J connectivity index is 1.71. The van der Waals surface area contributed by atoms with E-state index >= 15 is 0 Å². The van der Waals surface area contributed by atoms with Gasteiger partial charge in [-0.05, 0) is 36.2 Å². The van der Waals surface area contributed by atoms with Gasteiger partial charge in [0, 0.05) is 26.1 Å². The van der Waals surface area contributed by atoms with E-state index in [1.807, 2.05) is 35.2 Å². The molecule has 0 spiro atoms. The normalized spacial score (nSPS) is 18.6. The first-order chi connectivity index (χ1) is 13.5. The maximum absolute atomic E-state index is 13.0. The van der Waals surface area contributed by atoms with E-state index in [0.717, 1.165) is 24.4 Å². The molecule has 1 heterocycles. The van der Waals surface area contributed by atoms with Crippen LogP contribution in [-0.4, -0.2) is 56.6 Å². The number of carbonyl (C=O) groups is 1. The number of nitrogens with zero attached hydrogens (tertiary/aromatic N) is 2. The van der Waals surface area contributed by atoms with Gasteiger partial charge in [-0.1, -0.05) is 43.3 Å². The highest BCUT2D eigenvalue weighted by Gasteiger charge is 2.29. The summed E-state index contributed by atoms with van der Waals surface area (Å²) in [7, 11) is 5.39. The van der Waals surface area contributed by atoms with E-state index in [1.54, 1.807) is 14.2 Å². The number of hydrogen-bond acceptors (Lipinski definition) is 4. The van der Waals surface area contributed by atoms with Crippen LogP contribution >= 0.6 is 0 Å². The first-order valence-corrected chi connectivity index (χ1v) is 9.78. The molecule has 0 saturated carbocycles. The molecule has 0 aliphatic carbocycles.